The number of carbonyl (C=O) groups is 1. The largest absolute Gasteiger partial charge is 0.497 e. The van der Waals surface area contributed by atoms with Crippen LogP contribution in [-0.2, 0) is 10.2 Å². The number of hydrogen-bond acceptors (Lipinski definition) is 4. The number of nitrogens with zero attached hydrogens (tertiary/aromatic N) is 1. The van der Waals surface area contributed by atoms with Crippen molar-refractivity contribution in [3.05, 3.63) is 54.1 Å². The third-order valence-corrected chi connectivity index (χ3v) is 6.68. The zero-order valence-electron chi connectivity index (χ0n) is 19.9. The van der Waals surface area contributed by atoms with Gasteiger partial charge in [0.05, 0.1) is 19.1 Å². The maximum atomic E-state index is 13.5. The first kappa shape index (κ1) is 24.1. The first-order chi connectivity index (χ1) is 15.6. The molecule has 1 aliphatic rings. The highest BCUT2D eigenvalue weighted by Crippen LogP contribution is 2.41. The number of methoxy groups -OCH3 is 1. The van der Waals surface area contributed by atoms with Gasteiger partial charge in [-0.3, -0.25) is 4.79 Å². The lowest BCUT2D eigenvalue weighted by atomic mass is 9.68. The molecule has 5 heteroatoms. The van der Waals surface area contributed by atoms with E-state index >= 15 is 0 Å². The highest BCUT2D eigenvalue weighted by Gasteiger charge is 2.41. The monoisotopic (exact) mass is 438 g/mol. The molecule has 3 rings (SSSR count). The van der Waals surface area contributed by atoms with Crippen LogP contribution in [0, 0.1) is 0 Å². The fourth-order valence-electron chi connectivity index (χ4n) is 4.62. The number of anilines is 1. The molecule has 0 unspecified atom stereocenters. The second-order valence-electron chi connectivity index (χ2n) is 8.58. The lowest BCUT2D eigenvalue weighted by molar-refractivity contribution is -0.122. The number of carbonyl (C=O) groups excluding carboxylic acids is 1. The zero-order valence-corrected chi connectivity index (χ0v) is 19.9. The van der Waals surface area contributed by atoms with Gasteiger partial charge in [-0.25, -0.2) is 0 Å². The molecule has 0 spiro atoms. The van der Waals surface area contributed by atoms with Crippen LogP contribution in [0.4, 0.5) is 5.69 Å². The van der Waals surface area contributed by atoms with Crippen molar-refractivity contribution in [3.63, 3.8) is 0 Å². The molecule has 0 aromatic heterocycles. The van der Waals surface area contributed by atoms with Crippen LogP contribution in [0.5, 0.6) is 11.5 Å². The molecule has 5 nitrogen and oxygen atoms in total. The summed E-state index contributed by atoms with van der Waals surface area (Å²) < 4.78 is 11.2. The van der Waals surface area contributed by atoms with E-state index in [2.05, 4.69) is 24.1 Å². The Balaban J connectivity index is 1.61. The summed E-state index contributed by atoms with van der Waals surface area (Å²) >= 11 is 0. The molecular formula is C27H38N2O3. The van der Waals surface area contributed by atoms with Gasteiger partial charge >= 0.3 is 0 Å². The van der Waals surface area contributed by atoms with Crippen LogP contribution in [0.1, 0.15) is 57.9 Å². The maximum absolute atomic E-state index is 13.5. The molecule has 1 aliphatic carbocycles. The lowest BCUT2D eigenvalue weighted by Crippen LogP contribution is -2.42. The Kier molecular flexibility index (Phi) is 8.98. The Labute approximate surface area is 193 Å². The molecule has 0 saturated heterocycles. The van der Waals surface area contributed by atoms with Crippen molar-refractivity contribution in [2.24, 2.45) is 0 Å². The average Bonchev–Trinajstić information content (AvgIpc) is 2.85. The number of rotatable bonds is 11. The second-order valence-corrected chi connectivity index (χ2v) is 8.58. The molecule has 0 radical (unpaired) electrons. The summed E-state index contributed by atoms with van der Waals surface area (Å²) in [6.45, 7) is 8.26. The summed E-state index contributed by atoms with van der Waals surface area (Å²) in [6, 6.07) is 15.7. The Bertz CT molecular complexity index is 823. The summed E-state index contributed by atoms with van der Waals surface area (Å²) in [6.07, 6.45) is 6.08. The van der Waals surface area contributed by atoms with E-state index in [-0.39, 0.29) is 5.91 Å². The number of ether oxygens (including phenoxy) is 2. The van der Waals surface area contributed by atoms with Crippen LogP contribution in [-0.4, -0.2) is 44.2 Å². The highest BCUT2D eigenvalue weighted by atomic mass is 16.5. The lowest BCUT2D eigenvalue weighted by Gasteiger charge is -2.36. The topological polar surface area (TPSA) is 50.8 Å². The van der Waals surface area contributed by atoms with Crippen LogP contribution in [0.25, 0.3) is 0 Å². The van der Waals surface area contributed by atoms with Crippen molar-refractivity contribution in [1.29, 1.82) is 0 Å². The van der Waals surface area contributed by atoms with Crippen molar-refractivity contribution in [2.45, 2.75) is 57.8 Å². The number of hydrogen-bond donors (Lipinski definition) is 1. The molecule has 1 N–H and O–H groups in total. The molecule has 32 heavy (non-hydrogen) atoms. The maximum Gasteiger partial charge on any atom is 0.235 e. The summed E-state index contributed by atoms with van der Waals surface area (Å²) in [5.41, 5.74) is 1.40. The Morgan fingerprint density at radius 2 is 1.56 bits per heavy atom. The van der Waals surface area contributed by atoms with Crippen LogP contribution in [0.15, 0.2) is 48.5 Å². The van der Waals surface area contributed by atoms with Gasteiger partial charge in [0.25, 0.3) is 0 Å². The predicted molar refractivity (Wildman–Crippen MR) is 131 cm³/mol. The molecule has 0 atom stereocenters. The molecule has 0 bridgehead atoms. The first-order valence-electron chi connectivity index (χ1n) is 12.0. The van der Waals surface area contributed by atoms with Crippen molar-refractivity contribution >= 4 is 11.6 Å². The minimum atomic E-state index is -0.482. The summed E-state index contributed by atoms with van der Waals surface area (Å²) in [5, 5.41) is 3.17. The van der Waals surface area contributed by atoms with Gasteiger partial charge in [-0.15, -0.1) is 0 Å². The van der Waals surface area contributed by atoms with E-state index in [1.807, 2.05) is 48.5 Å². The van der Waals surface area contributed by atoms with E-state index in [1.54, 1.807) is 7.11 Å². The van der Waals surface area contributed by atoms with Gasteiger partial charge in [-0.2, -0.15) is 0 Å². The van der Waals surface area contributed by atoms with Crippen LogP contribution >= 0.6 is 0 Å². The number of amides is 1. The fourth-order valence-corrected chi connectivity index (χ4v) is 4.62. The SMILES string of the molecule is CCN(CC)CCCOc1ccc(NC(=O)C2(c3ccc(OC)cc3)CCCCC2)cc1. The van der Waals surface area contributed by atoms with E-state index in [0.717, 1.165) is 74.5 Å². The number of nitrogens with one attached hydrogen (secondary N) is 1. The van der Waals surface area contributed by atoms with Gasteiger partial charge < -0.3 is 19.7 Å². The third-order valence-electron chi connectivity index (χ3n) is 6.68. The van der Waals surface area contributed by atoms with Crippen LogP contribution in [0.3, 0.4) is 0 Å². The molecule has 1 amide bonds. The zero-order chi connectivity index (χ0) is 22.8. The van der Waals surface area contributed by atoms with Crippen LogP contribution in [0.2, 0.25) is 0 Å². The van der Waals surface area contributed by atoms with Gasteiger partial charge in [0.15, 0.2) is 0 Å². The Morgan fingerprint density at radius 3 is 2.16 bits per heavy atom. The molecule has 0 aliphatic heterocycles. The molecule has 174 valence electrons. The minimum absolute atomic E-state index is 0.0789. The smallest absolute Gasteiger partial charge is 0.235 e. The molecule has 2 aromatic rings. The van der Waals surface area contributed by atoms with Gasteiger partial charge in [0, 0.05) is 12.2 Å². The van der Waals surface area contributed by atoms with Crippen molar-refractivity contribution in [3.8, 4) is 11.5 Å². The standard InChI is InChI=1S/C27H38N2O3/c1-4-29(5-2)20-9-21-32-25-16-12-23(13-17-25)28-26(30)27(18-7-6-8-19-27)22-10-14-24(31-3)15-11-22/h10-17H,4-9,18-21H2,1-3H3,(H,28,30). The first-order valence-corrected chi connectivity index (χ1v) is 12.0. The second kappa shape index (κ2) is 11.9. The Morgan fingerprint density at radius 1 is 0.938 bits per heavy atom. The molecule has 2 aromatic carbocycles. The van der Waals surface area contributed by atoms with E-state index < -0.39 is 5.41 Å². The van der Waals surface area contributed by atoms with Crippen molar-refractivity contribution < 1.29 is 14.3 Å². The van der Waals surface area contributed by atoms with Gasteiger partial charge in [-0.1, -0.05) is 45.2 Å². The minimum Gasteiger partial charge on any atom is -0.497 e. The van der Waals surface area contributed by atoms with Crippen LogP contribution < -0.4 is 14.8 Å². The average molecular weight is 439 g/mol. The summed E-state index contributed by atoms with van der Waals surface area (Å²) in [7, 11) is 1.66. The normalized spacial score (nSPS) is 15.4. The van der Waals surface area contributed by atoms with E-state index in [9.17, 15) is 4.79 Å². The Hall–Kier alpha value is -2.53. The van der Waals surface area contributed by atoms with Crippen molar-refractivity contribution in [1.82, 2.24) is 4.90 Å². The molecule has 0 heterocycles. The van der Waals surface area contributed by atoms with E-state index in [1.165, 1.54) is 6.42 Å². The molecular weight excluding hydrogens is 400 g/mol. The van der Waals surface area contributed by atoms with Gasteiger partial charge in [0.1, 0.15) is 11.5 Å². The molecule has 1 saturated carbocycles. The quantitative estimate of drug-likeness (QED) is 0.461. The highest BCUT2D eigenvalue weighted by molar-refractivity contribution is 5.99. The van der Waals surface area contributed by atoms with Gasteiger partial charge in [0.2, 0.25) is 5.91 Å². The summed E-state index contributed by atoms with van der Waals surface area (Å²) in [5.74, 6) is 1.73. The predicted octanol–water partition coefficient (Wildman–Crippen LogP) is 5.65. The van der Waals surface area contributed by atoms with Crippen molar-refractivity contribution in [2.75, 3.05) is 38.7 Å². The third kappa shape index (κ3) is 6.04. The van der Waals surface area contributed by atoms with E-state index in [4.69, 9.17) is 9.47 Å². The fraction of sp³-hybridized carbons (Fsp3) is 0.519. The van der Waals surface area contributed by atoms with E-state index in [0.29, 0.717) is 6.61 Å². The number of benzene rings is 2. The van der Waals surface area contributed by atoms with Gasteiger partial charge in [-0.05, 0) is 74.3 Å². The molecule has 1 fully saturated rings. The summed E-state index contributed by atoms with van der Waals surface area (Å²) in [4.78, 5) is 15.9.